The Morgan fingerprint density at radius 1 is 1.17 bits per heavy atom. The number of imidazole rings is 1. The zero-order valence-electron chi connectivity index (χ0n) is 16.5. The molecule has 0 aliphatic rings. The first-order valence-corrected chi connectivity index (χ1v) is 10.0. The number of carbonyl (C=O) groups is 1. The maximum atomic E-state index is 12.4. The molecule has 0 bridgehead atoms. The lowest BCUT2D eigenvalue weighted by atomic mass is 10.1. The van der Waals surface area contributed by atoms with Gasteiger partial charge in [-0.1, -0.05) is 11.8 Å². The Morgan fingerprint density at radius 2 is 1.97 bits per heavy atom. The largest absolute Gasteiger partial charge is 0.329 e. The van der Waals surface area contributed by atoms with Gasteiger partial charge in [0.05, 0.1) is 0 Å². The number of aryl methyl sites for hydroxylation is 3. The number of aromatic nitrogens is 6. The quantitative estimate of drug-likeness (QED) is 0.528. The summed E-state index contributed by atoms with van der Waals surface area (Å²) in [6.45, 7) is 3.91. The van der Waals surface area contributed by atoms with Crippen LogP contribution in [0.4, 0.5) is 5.69 Å². The molecule has 0 aliphatic carbocycles. The first-order valence-electron chi connectivity index (χ1n) is 9.22. The van der Waals surface area contributed by atoms with Crippen molar-refractivity contribution in [1.82, 2.24) is 29.1 Å². The predicted molar refractivity (Wildman–Crippen MR) is 111 cm³/mol. The van der Waals surface area contributed by atoms with Gasteiger partial charge >= 0.3 is 0 Å². The van der Waals surface area contributed by atoms with Gasteiger partial charge in [0.1, 0.15) is 6.33 Å². The normalized spacial score (nSPS) is 11.1. The third kappa shape index (κ3) is 4.14. The van der Waals surface area contributed by atoms with E-state index >= 15 is 0 Å². The lowest BCUT2D eigenvalue weighted by Gasteiger charge is -2.11. The Labute approximate surface area is 172 Å². The number of hydrogen-bond donors (Lipinski definition) is 1. The monoisotopic (exact) mass is 407 g/mol. The molecule has 8 nitrogen and oxygen atoms in total. The van der Waals surface area contributed by atoms with Crippen molar-refractivity contribution < 1.29 is 4.79 Å². The maximum absolute atomic E-state index is 12.4. The van der Waals surface area contributed by atoms with Crippen molar-refractivity contribution in [3.63, 3.8) is 0 Å². The van der Waals surface area contributed by atoms with E-state index < -0.39 is 0 Å². The van der Waals surface area contributed by atoms with Crippen LogP contribution < -0.4 is 5.32 Å². The minimum absolute atomic E-state index is 0.0352. The van der Waals surface area contributed by atoms with Crippen molar-refractivity contribution in [3.8, 4) is 0 Å². The number of fused-ring (bicyclic) bond motifs is 1. The molecule has 4 rings (SSSR count). The Balaban J connectivity index is 1.37. The number of carbonyl (C=O) groups excluding carboxylic acids is 1. The van der Waals surface area contributed by atoms with Gasteiger partial charge < -0.3 is 9.88 Å². The summed E-state index contributed by atoms with van der Waals surface area (Å²) < 4.78 is 3.67. The van der Waals surface area contributed by atoms with Crippen molar-refractivity contribution in [3.05, 3.63) is 59.9 Å². The average Bonchev–Trinajstić information content (AvgIpc) is 3.32. The number of nitrogens with one attached hydrogen (secondary N) is 1. The second-order valence-corrected chi connectivity index (χ2v) is 7.77. The van der Waals surface area contributed by atoms with Gasteiger partial charge in [-0.2, -0.15) is 10.1 Å². The minimum Gasteiger partial charge on any atom is -0.329 e. The fourth-order valence-electron chi connectivity index (χ4n) is 3.14. The molecular weight excluding hydrogens is 386 g/mol. The van der Waals surface area contributed by atoms with Crippen molar-refractivity contribution >= 4 is 29.1 Å². The number of rotatable bonds is 6. The van der Waals surface area contributed by atoms with Crippen LogP contribution in [0, 0.1) is 13.8 Å². The molecule has 0 radical (unpaired) electrons. The number of benzene rings is 1. The third-order valence-electron chi connectivity index (χ3n) is 4.71. The second kappa shape index (κ2) is 8.04. The van der Waals surface area contributed by atoms with Crippen LogP contribution in [0.25, 0.3) is 5.78 Å². The highest BCUT2D eigenvalue weighted by molar-refractivity contribution is 7.99. The van der Waals surface area contributed by atoms with Crippen molar-refractivity contribution in [2.75, 3.05) is 5.32 Å². The van der Waals surface area contributed by atoms with E-state index in [-0.39, 0.29) is 5.91 Å². The Bertz CT molecular complexity index is 1160. The highest BCUT2D eigenvalue weighted by Gasteiger charge is 2.13. The summed E-state index contributed by atoms with van der Waals surface area (Å²) in [6, 6.07) is 7.77. The summed E-state index contributed by atoms with van der Waals surface area (Å²) in [4.78, 5) is 26.4. The van der Waals surface area contributed by atoms with Gasteiger partial charge in [0.25, 0.3) is 5.78 Å². The summed E-state index contributed by atoms with van der Waals surface area (Å²) in [6.07, 6.45) is 6.14. The average molecular weight is 408 g/mol. The van der Waals surface area contributed by atoms with Gasteiger partial charge in [-0.05, 0) is 50.1 Å². The zero-order chi connectivity index (χ0) is 20.4. The molecular formula is C20H21N7OS. The molecule has 0 spiro atoms. The number of hydrogen-bond acceptors (Lipinski definition) is 6. The van der Waals surface area contributed by atoms with Gasteiger partial charge in [-0.15, -0.1) is 0 Å². The van der Waals surface area contributed by atoms with Gasteiger partial charge in [-0.25, -0.2) is 14.5 Å². The Morgan fingerprint density at radius 3 is 2.69 bits per heavy atom. The van der Waals surface area contributed by atoms with Crippen LogP contribution in [0.5, 0.6) is 0 Å². The van der Waals surface area contributed by atoms with E-state index in [2.05, 4.69) is 25.4 Å². The molecule has 0 fully saturated rings. The van der Waals surface area contributed by atoms with E-state index in [4.69, 9.17) is 0 Å². The van der Waals surface area contributed by atoms with E-state index in [9.17, 15) is 4.79 Å². The summed E-state index contributed by atoms with van der Waals surface area (Å²) >= 11 is 1.58. The van der Waals surface area contributed by atoms with Crippen molar-refractivity contribution in [1.29, 1.82) is 0 Å². The molecule has 3 heterocycles. The van der Waals surface area contributed by atoms with Crippen LogP contribution in [0.15, 0.2) is 53.0 Å². The predicted octanol–water partition coefficient (Wildman–Crippen LogP) is 3.20. The lowest BCUT2D eigenvalue weighted by Crippen LogP contribution is -2.14. The van der Waals surface area contributed by atoms with Gasteiger partial charge in [-0.3, -0.25) is 4.79 Å². The fourth-order valence-corrected chi connectivity index (χ4v) is 3.94. The molecule has 1 N–H and O–H groups in total. The van der Waals surface area contributed by atoms with Crippen LogP contribution in [-0.2, 0) is 18.3 Å². The SMILES string of the molecule is Cc1nc2ncnn2c(C)c1CCC(=O)Nc1ccc(Sc2nccn2C)cc1. The molecule has 0 saturated heterocycles. The summed E-state index contributed by atoms with van der Waals surface area (Å²) in [5.74, 6) is 0.545. The van der Waals surface area contributed by atoms with Crippen LogP contribution in [0.1, 0.15) is 23.4 Å². The molecule has 9 heteroatoms. The van der Waals surface area contributed by atoms with Gasteiger partial charge in [0, 0.05) is 47.8 Å². The molecule has 0 unspecified atom stereocenters. The lowest BCUT2D eigenvalue weighted by molar-refractivity contribution is -0.116. The highest BCUT2D eigenvalue weighted by atomic mass is 32.2. The molecule has 3 aromatic heterocycles. The molecule has 1 amide bonds. The van der Waals surface area contributed by atoms with Crippen LogP contribution >= 0.6 is 11.8 Å². The number of amides is 1. The van der Waals surface area contributed by atoms with E-state index in [1.165, 1.54) is 6.33 Å². The van der Waals surface area contributed by atoms with Crippen molar-refractivity contribution in [2.45, 2.75) is 36.7 Å². The number of anilines is 1. The van der Waals surface area contributed by atoms with Gasteiger partial charge in [0.2, 0.25) is 5.91 Å². The molecule has 0 aliphatic heterocycles. The van der Waals surface area contributed by atoms with E-state index in [1.54, 1.807) is 22.5 Å². The molecule has 0 atom stereocenters. The summed E-state index contributed by atoms with van der Waals surface area (Å²) in [7, 11) is 1.96. The molecule has 0 saturated carbocycles. The minimum atomic E-state index is -0.0352. The molecule has 29 heavy (non-hydrogen) atoms. The summed E-state index contributed by atoms with van der Waals surface area (Å²) in [5.41, 5.74) is 3.65. The first-order chi connectivity index (χ1) is 14.0. The van der Waals surface area contributed by atoms with Crippen LogP contribution in [0.2, 0.25) is 0 Å². The fraction of sp³-hybridized carbons (Fsp3) is 0.250. The standard InChI is InChI=1S/C20H21N7OS/c1-13-17(14(2)27-19(24-13)22-12-23-27)8-9-18(28)25-15-4-6-16(7-5-15)29-20-21-10-11-26(20)3/h4-7,10-12H,8-9H2,1-3H3,(H,25,28). The van der Waals surface area contributed by atoms with Crippen molar-refractivity contribution in [2.24, 2.45) is 7.05 Å². The van der Waals surface area contributed by atoms with Crippen LogP contribution in [-0.4, -0.2) is 35.0 Å². The molecule has 4 aromatic rings. The Hall–Kier alpha value is -3.20. The van der Waals surface area contributed by atoms with Gasteiger partial charge in [0.15, 0.2) is 5.16 Å². The van der Waals surface area contributed by atoms with E-state index in [0.717, 1.165) is 32.7 Å². The highest BCUT2D eigenvalue weighted by Crippen LogP contribution is 2.26. The molecule has 1 aromatic carbocycles. The van der Waals surface area contributed by atoms with E-state index in [1.807, 2.05) is 55.9 Å². The maximum Gasteiger partial charge on any atom is 0.252 e. The van der Waals surface area contributed by atoms with E-state index in [0.29, 0.717) is 18.6 Å². The zero-order valence-corrected chi connectivity index (χ0v) is 17.3. The van der Waals surface area contributed by atoms with Crippen LogP contribution in [0.3, 0.4) is 0 Å². The summed E-state index contributed by atoms with van der Waals surface area (Å²) in [5, 5.41) is 8.07. The number of nitrogens with zero attached hydrogens (tertiary/aromatic N) is 6. The second-order valence-electron chi connectivity index (χ2n) is 6.73. The molecule has 148 valence electrons. The Kier molecular flexibility index (Phi) is 5.30. The smallest absolute Gasteiger partial charge is 0.252 e. The topological polar surface area (TPSA) is 90.0 Å². The third-order valence-corrected chi connectivity index (χ3v) is 5.80. The first kappa shape index (κ1) is 19.1.